The van der Waals surface area contributed by atoms with Crippen molar-refractivity contribution < 1.29 is 0 Å². The van der Waals surface area contributed by atoms with Crippen LogP contribution in [0.15, 0.2) is 119 Å². The molecule has 0 amide bonds. The molecule has 34 heavy (non-hydrogen) atoms. The summed E-state index contributed by atoms with van der Waals surface area (Å²) in [7, 11) is 0. The summed E-state index contributed by atoms with van der Waals surface area (Å²) in [6.45, 7) is 0. The van der Waals surface area contributed by atoms with Crippen molar-refractivity contribution in [2.24, 2.45) is 0 Å². The molecule has 0 radical (unpaired) electrons. The molecule has 0 saturated carbocycles. The minimum atomic E-state index is 1.17. The van der Waals surface area contributed by atoms with Crippen LogP contribution in [0, 0.1) is 0 Å². The number of thiophene rings is 1. The fourth-order valence-corrected chi connectivity index (χ4v) is 7.29. The Bertz CT molecular complexity index is 1780. The highest BCUT2D eigenvalue weighted by molar-refractivity contribution is 9.11. The summed E-state index contributed by atoms with van der Waals surface area (Å²) in [5, 5.41) is 7.93. The molecule has 7 aromatic rings. The van der Waals surface area contributed by atoms with Gasteiger partial charge in [0.1, 0.15) is 0 Å². The molecule has 0 bridgehead atoms. The van der Waals surface area contributed by atoms with Gasteiger partial charge in [0.15, 0.2) is 0 Å². The van der Waals surface area contributed by atoms with Gasteiger partial charge in [-0.15, -0.1) is 11.3 Å². The van der Waals surface area contributed by atoms with Crippen molar-refractivity contribution in [3.8, 4) is 32.7 Å². The van der Waals surface area contributed by atoms with Crippen molar-refractivity contribution in [1.29, 1.82) is 0 Å². The first-order chi connectivity index (χ1) is 16.8. The first kappa shape index (κ1) is 20.0. The largest absolute Gasteiger partial charge is 0.127 e. The zero-order valence-electron chi connectivity index (χ0n) is 18.3. The SMILES string of the molecule is Brc1sc(-c2ccc3ccc4cccc5ccc2c3c45)c(-c2ccccc2)c1-c1ccccc1. The van der Waals surface area contributed by atoms with Crippen molar-refractivity contribution in [3.63, 3.8) is 0 Å². The minimum absolute atomic E-state index is 1.17. The monoisotopic (exact) mass is 514 g/mol. The fourth-order valence-electron chi connectivity index (χ4n) is 5.27. The predicted molar refractivity (Wildman–Crippen MR) is 152 cm³/mol. The molecule has 0 unspecified atom stereocenters. The average Bonchev–Trinajstić information content (AvgIpc) is 3.25. The Kier molecular flexibility index (Phi) is 4.58. The summed E-state index contributed by atoms with van der Waals surface area (Å²) < 4.78 is 1.17. The summed E-state index contributed by atoms with van der Waals surface area (Å²) in [6, 6.07) is 41.8. The maximum atomic E-state index is 3.95. The smallest absolute Gasteiger partial charge is 0.0789 e. The standard InChI is InChI=1S/C32H19BrS/c33-32-30(21-10-5-2-6-11-21)29(20-8-3-1-4-9-20)31(34-32)26-19-17-24-15-14-22-12-7-13-23-16-18-25(26)28(24)27(22)23/h1-19H. The van der Waals surface area contributed by atoms with E-state index in [0.717, 1.165) is 0 Å². The first-order valence-electron chi connectivity index (χ1n) is 11.4. The molecule has 1 heterocycles. The topological polar surface area (TPSA) is 0 Å². The zero-order chi connectivity index (χ0) is 22.6. The second-order valence-electron chi connectivity index (χ2n) is 8.66. The van der Waals surface area contributed by atoms with Gasteiger partial charge < -0.3 is 0 Å². The molecule has 1 aromatic heterocycles. The lowest BCUT2D eigenvalue weighted by Gasteiger charge is -2.15. The normalized spacial score (nSPS) is 11.7. The molecule has 2 heteroatoms. The van der Waals surface area contributed by atoms with Crippen LogP contribution in [-0.4, -0.2) is 0 Å². The molecule has 6 aromatic carbocycles. The summed E-state index contributed by atoms with van der Waals surface area (Å²) in [6.07, 6.45) is 0. The number of hydrogen-bond donors (Lipinski definition) is 0. The zero-order valence-corrected chi connectivity index (χ0v) is 20.7. The molecule has 0 spiro atoms. The van der Waals surface area contributed by atoms with Gasteiger partial charge in [0.2, 0.25) is 0 Å². The van der Waals surface area contributed by atoms with Crippen LogP contribution in [0.2, 0.25) is 0 Å². The Morgan fingerprint density at radius 2 is 1.03 bits per heavy atom. The van der Waals surface area contributed by atoms with Crippen LogP contribution in [-0.2, 0) is 0 Å². The minimum Gasteiger partial charge on any atom is -0.127 e. The third-order valence-corrected chi connectivity index (χ3v) is 8.66. The molecule has 0 nitrogen and oxygen atoms in total. The molecular weight excluding hydrogens is 496 g/mol. The van der Waals surface area contributed by atoms with E-state index in [1.807, 2.05) is 11.3 Å². The maximum absolute atomic E-state index is 3.95. The number of halogens is 1. The second kappa shape index (κ2) is 7.80. The molecule has 0 aliphatic heterocycles. The van der Waals surface area contributed by atoms with Gasteiger partial charge in [-0.2, -0.15) is 0 Å². The maximum Gasteiger partial charge on any atom is 0.0789 e. The lowest BCUT2D eigenvalue weighted by atomic mass is 9.89. The highest BCUT2D eigenvalue weighted by Gasteiger charge is 2.23. The highest BCUT2D eigenvalue weighted by atomic mass is 79.9. The summed E-state index contributed by atoms with van der Waals surface area (Å²) in [4.78, 5) is 1.30. The summed E-state index contributed by atoms with van der Waals surface area (Å²) >= 11 is 5.78. The molecule has 0 aliphatic carbocycles. The molecule has 0 saturated heterocycles. The molecule has 0 aliphatic rings. The van der Waals surface area contributed by atoms with E-state index in [9.17, 15) is 0 Å². The fraction of sp³-hybridized carbons (Fsp3) is 0. The van der Waals surface area contributed by atoms with Crippen LogP contribution >= 0.6 is 27.3 Å². The van der Waals surface area contributed by atoms with Gasteiger partial charge >= 0.3 is 0 Å². The van der Waals surface area contributed by atoms with Crippen LogP contribution < -0.4 is 0 Å². The Balaban J connectivity index is 1.61. The third-order valence-electron chi connectivity index (χ3n) is 6.76. The number of rotatable bonds is 3. The third kappa shape index (κ3) is 2.96. The van der Waals surface area contributed by atoms with E-state index in [4.69, 9.17) is 0 Å². The van der Waals surface area contributed by atoms with Gasteiger partial charge in [0.25, 0.3) is 0 Å². The lowest BCUT2D eigenvalue weighted by molar-refractivity contribution is 1.62. The average molecular weight is 515 g/mol. The van der Waals surface area contributed by atoms with Crippen LogP contribution in [0.1, 0.15) is 0 Å². The van der Waals surface area contributed by atoms with Crippen LogP contribution in [0.3, 0.4) is 0 Å². The van der Waals surface area contributed by atoms with Crippen molar-refractivity contribution in [2.45, 2.75) is 0 Å². The van der Waals surface area contributed by atoms with Crippen LogP contribution in [0.4, 0.5) is 0 Å². The summed E-state index contributed by atoms with van der Waals surface area (Å²) in [5.74, 6) is 0. The molecule has 0 atom stereocenters. The first-order valence-corrected chi connectivity index (χ1v) is 13.0. The quantitative estimate of drug-likeness (QED) is 0.205. The van der Waals surface area contributed by atoms with E-state index < -0.39 is 0 Å². The van der Waals surface area contributed by atoms with E-state index in [2.05, 4.69) is 131 Å². The van der Waals surface area contributed by atoms with Gasteiger partial charge in [0.05, 0.1) is 3.79 Å². The molecule has 0 fully saturated rings. The number of hydrogen-bond acceptors (Lipinski definition) is 1. The second-order valence-corrected chi connectivity index (χ2v) is 11.0. The van der Waals surface area contributed by atoms with Crippen molar-refractivity contribution in [3.05, 3.63) is 119 Å². The number of benzene rings is 6. The van der Waals surface area contributed by atoms with Crippen molar-refractivity contribution in [1.82, 2.24) is 0 Å². The van der Waals surface area contributed by atoms with Gasteiger partial charge in [-0.3, -0.25) is 0 Å². The Hall–Kier alpha value is -3.46. The van der Waals surface area contributed by atoms with E-state index in [-0.39, 0.29) is 0 Å². The Morgan fingerprint density at radius 1 is 0.471 bits per heavy atom. The van der Waals surface area contributed by atoms with Crippen LogP contribution in [0.5, 0.6) is 0 Å². The van der Waals surface area contributed by atoms with Gasteiger partial charge in [-0.1, -0.05) is 115 Å². The van der Waals surface area contributed by atoms with Gasteiger partial charge in [-0.25, -0.2) is 0 Å². The van der Waals surface area contributed by atoms with Gasteiger partial charge in [-0.05, 0) is 59.4 Å². The lowest BCUT2D eigenvalue weighted by Crippen LogP contribution is -1.88. The van der Waals surface area contributed by atoms with Crippen molar-refractivity contribution in [2.75, 3.05) is 0 Å². The van der Waals surface area contributed by atoms with E-state index in [1.165, 1.54) is 68.8 Å². The van der Waals surface area contributed by atoms with E-state index >= 15 is 0 Å². The predicted octanol–water partition coefficient (Wildman–Crippen LogP) is 10.4. The molecule has 7 rings (SSSR count). The summed E-state index contributed by atoms with van der Waals surface area (Å²) in [5.41, 5.74) is 6.31. The Morgan fingerprint density at radius 3 is 1.71 bits per heavy atom. The van der Waals surface area contributed by atoms with E-state index in [1.54, 1.807) is 0 Å². The van der Waals surface area contributed by atoms with E-state index in [0.29, 0.717) is 0 Å². The van der Waals surface area contributed by atoms with Crippen LogP contribution in [0.25, 0.3) is 65.0 Å². The Labute approximate surface area is 210 Å². The van der Waals surface area contributed by atoms with Crippen molar-refractivity contribution >= 4 is 59.6 Å². The molecule has 160 valence electrons. The van der Waals surface area contributed by atoms with Gasteiger partial charge in [0, 0.05) is 21.6 Å². The molecular formula is C32H19BrS. The molecule has 0 N–H and O–H groups in total. The highest BCUT2D eigenvalue weighted by Crippen LogP contribution is 2.52.